The highest BCUT2D eigenvalue weighted by Gasteiger charge is 2.17. The van der Waals surface area contributed by atoms with Gasteiger partial charge in [0.25, 0.3) is 0 Å². The molecule has 21 heavy (non-hydrogen) atoms. The van der Waals surface area contributed by atoms with Crippen molar-refractivity contribution in [3.8, 4) is 11.8 Å². The average Bonchev–Trinajstić information content (AvgIpc) is 2.95. The summed E-state index contributed by atoms with van der Waals surface area (Å²) in [6, 6.07) is 9.97. The van der Waals surface area contributed by atoms with E-state index in [0.29, 0.717) is 12.2 Å². The molecule has 5 heteroatoms. The maximum Gasteiger partial charge on any atom is 0.140 e. The predicted molar refractivity (Wildman–Crippen MR) is 82.8 cm³/mol. The summed E-state index contributed by atoms with van der Waals surface area (Å²) in [7, 11) is 0. The fourth-order valence-electron chi connectivity index (χ4n) is 2.46. The van der Waals surface area contributed by atoms with Gasteiger partial charge in [0.15, 0.2) is 0 Å². The van der Waals surface area contributed by atoms with Crippen LogP contribution in [0.25, 0.3) is 0 Å². The van der Waals surface area contributed by atoms with Gasteiger partial charge in [0.2, 0.25) is 0 Å². The van der Waals surface area contributed by atoms with Crippen molar-refractivity contribution in [1.82, 2.24) is 10.3 Å². The molecule has 0 spiro atoms. The molecular weight excluding hydrogens is 330 g/mol. The second-order valence-corrected chi connectivity index (χ2v) is 5.83. The van der Waals surface area contributed by atoms with Crippen molar-refractivity contribution in [2.45, 2.75) is 19.5 Å². The van der Waals surface area contributed by atoms with Crippen molar-refractivity contribution in [2.75, 3.05) is 6.61 Å². The standard InChI is InChI=1S/C16H14BrN3O/c17-14-6-12-2-4-21-16(12)13(7-14)10-19-9-11-1-3-20-15(5-11)8-18/h1,3,5-7,19H,2,4,9-10H2. The quantitative estimate of drug-likeness (QED) is 0.927. The van der Waals surface area contributed by atoms with Gasteiger partial charge in [0, 0.05) is 35.7 Å². The number of ether oxygens (including phenoxy) is 1. The molecule has 0 atom stereocenters. The van der Waals surface area contributed by atoms with E-state index in [1.54, 1.807) is 12.3 Å². The number of hydrogen-bond donors (Lipinski definition) is 1. The minimum Gasteiger partial charge on any atom is -0.493 e. The van der Waals surface area contributed by atoms with Gasteiger partial charge in [-0.05, 0) is 35.4 Å². The van der Waals surface area contributed by atoms with E-state index in [2.05, 4.69) is 44.4 Å². The molecule has 0 aliphatic carbocycles. The molecule has 0 bridgehead atoms. The number of fused-ring (bicyclic) bond motifs is 1. The summed E-state index contributed by atoms with van der Waals surface area (Å²) in [6.45, 7) is 2.18. The van der Waals surface area contributed by atoms with Crippen LogP contribution in [0.3, 0.4) is 0 Å². The SMILES string of the molecule is N#Cc1cc(CNCc2cc(Br)cc3c2OCC3)ccn1. The number of pyridine rings is 1. The van der Waals surface area contributed by atoms with Gasteiger partial charge in [0.05, 0.1) is 6.61 Å². The van der Waals surface area contributed by atoms with Crippen molar-refractivity contribution < 1.29 is 4.74 Å². The number of hydrogen-bond acceptors (Lipinski definition) is 4. The number of halogens is 1. The third-order valence-corrected chi connectivity index (χ3v) is 3.87. The van der Waals surface area contributed by atoms with Crippen LogP contribution >= 0.6 is 15.9 Å². The van der Waals surface area contributed by atoms with Gasteiger partial charge in [-0.25, -0.2) is 4.98 Å². The number of aromatic nitrogens is 1. The van der Waals surface area contributed by atoms with E-state index in [0.717, 1.165) is 40.9 Å². The highest BCUT2D eigenvalue weighted by Crippen LogP contribution is 2.32. The Hall–Kier alpha value is -1.90. The second-order valence-electron chi connectivity index (χ2n) is 4.92. The number of benzene rings is 1. The van der Waals surface area contributed by atoms with Gasteiger partial charge in [-0.2, -0.15) is 5.26 Å². The molecule has 1 aliphatic rings. The zero-order chi connectivity index (χ0) is 14.7. The van der Waals surface area contributed by atoms with Crippen LogP contribution in [0.4, 0.5) is 0 Å². The van der Waals surface area contributed by atoms with E-state index >= 15 is 0 Å². The summed E-state index contributed by atoms with van der Waals surface area (Å²) in [6.07, 6.45) is 2.63. The van der Waals surface area contributed by atoms with Gasteiger partial charge in [-0.15, -0.1) is 0 Å². The van der Waals surface area contributed by atoms with Crippen LogP contribution < -0.4 is 10.1 Å². The van der Waals surface area contributed by atoms with Gasteiger partial charge < -0.3 is 10.1 Å². The molecule has 4 nitrogen and oxygen atoms in total. The lowest BCUT2D eigenvalue weighted by atomic mass is 10.1. The van der Waals surface area contributed by atoms with Crippen LogP contribution in [0, 0.1) is 11.3 Å². The first-order valence-corrected chi connectivity index (χ1v) is 7.55. The van der Waals surface area contributed by atoms with Crippen molar-refractivity contribution in [3.05, 3.63) is 57.3 Å². The number of rotatable bonds is 4. The lowest BCUT2D eigenvalue weighted by Crippen LogP contribution is -2.13. The molecule has 3 rings (SSSR count). The van der Waals surface area contributed by atoms with Crippen molar-refractivity contribution in [3.63, 3.8) is 0 Å². The third kappa shape index (κ3) is 3.23. The van der Waals surface area contributed by atoms with E-state index in [9.17, 15) is 0 Å². The zero-order valence-electron chi connectivity index (χ0n) is 11.4. The Morgan fingerprint density at radius 2 is 2.24 bits per heavy atom. The molecule has 1 aromatic heterocycles. The van der Waals surface area contributed by atoms with E-state index in [1.165, 1.54) is 5.56 Å². The molecule has 2 heterocycles. The van der Waals surface area contributed by atoms with Gasteiger partial charge in [-0.1, -0.05) is 15.9 Å². The average molecular weight is 344 g/mol. The maximum atomic E-state index is 8.85. The molecule has 2 aromatic rings. The Morgan fingerprint density at radius 1 is 1.33 bits per heavy atom. The fourth-order valence-corrected chi connectivity index (χ4v) is 3.02. The maximum absolute atomic E-state index is 8.85. The molecule has 0 saturated heterocycles. The number of nitriles is 1. The summed E-state index contributed by atoms with van der Waals surface area (Å²) in [4.78, 5) is 3.97. The first-order chi connectivity index (χ1) is 10.3. The lowest BCUT2D eigenvalue weighted by Gasteiger charge is -2.10. The molecule has 0 saturated carbocycles. The summed E-state index contributed by atoms with van der Waals surface area (Å²) >= 11 is 3.54. The van der Waals surface area contributed by atoms with E-state index in [1.807, 2.05) is 6.07 Å². The molecule has 0 amide bonds. The summed E-state index contributed by atoms with van der Waals surface area (Å²) < 4.78 is 6.79. The molecule has 0 fully saturated rings. The first-order valence-electron chi connectivity index (χ1n) is 6.76. The largest absolute Gasteiger partial charge is 0.493 e. The van der Waals surface area contributed by atoms with Gasteiger partial charge >= 0.3 is 0 Å². The van der Waals surface area contributed by atoms with Crippen LogP contribution in [0.5, 0.6) is 5.75 Å². The van der Waals surface area contributed by atoms with Crippen LogP contribution in [0.1, 0.15) is 22.4 Å². The minimum absolute atomic E-state index is 0.445. The Kier molecular flexibility index (Phi) is 4.18. The van der Waals surface area contributed by atoms with E-state index in [-0.39, 0.29) is 0 Å². The van der Waals surface area contributed by atoms with Crippen LogP contribution in [0.15, 0.2) is 34.9 Å². The number of nitrogens with zero attached hydrogens (tertiary/aromatic N) is 2. The Balaban J connectivity index is 1.67. The molecule has 0 radical (unpaired) electrons. The lowest BCUT2D eigenvalue weighted by molar-refractivity contribution is 0.352. The monoisotopic (exact) mass is 343 g/mol. The highest BCUT2D eigenvalue weighted by atomic mass is 79.9. The molecule has 1 aliphatic heterocycles. The molecule has 106 valence electrons. The smallest absolute Gasteiger partial charge is 0.140 e. The fraction of sp³-hybridized carbons (Fsp3) is 0.250. The number of nitrogens with one attached hydrogen (secondary N) is 1. The van der Waals surface area contributed by atoms with Crippen molar-refractivity contribution in [2.24, 2.45) is 0 Å². The summed E-state index contributed by atoms with van der Waals surface area (Å²) in [5, 5.41) is 12.2. The predicted octanol–water partition coefficient (Wildman–Crippen LogP) is 2.94. The van der Waals surface area contributed by atoms with Gasteiger partial charge in [-0.3, -0.25) is 0 Å². The Morgan fingerprint density at radius 3 is 3.10 bits per heavy atom. The van der Waals surface area contributed by atoms with Crippen LogP contribution in [-0.2, 0) is 19.5 Å². The molecule has 1 aromatic carbocycles. The zero-order valence-corrected chi connectivity index (χ0v) is 13.0. The second kappa shape index (κ2) is 6.25. The summed E-state index contributed by atoms with van der Waals surface area (Å²) in [5.74, 6) is 1.01. The Labute approximate surface area is 131 Å². The topological polar surface area (TPSA) is 57.9 Å². The molecule has 0 unspecified atom stereocenters. The summed E-state index contributed by atoms with van der Waals surface area (Å²) in [5.41, 5.74) is 3.92. The normalized spacial score (nSPS) is 12.6. The Bertz CT molecular complexity index is 709. The minimum atomic E-state index is 0.445. The van der Waals surface area contributed by atoms with Crippen LogP contribution in [0.2, 0.25) is 0 Å². The third-order valence-electron chi connectivity index (χ3n) is 3.41. The highest BCUT2D eigenvalue weighted by molar-refractivity contribution is 9.10. The first kappa shape index (κ1) is 14.1. The molecule has 1 N–H and O–H groups in total. The van der Waals surface area contributed by atoms with Crippen molar-refractivity contribution >= 4 is 15.9 Å². The molecular formula is C16H14BrN3O. The van der Waals surface area contributed by atoms with Crippen LogP contribution in [-0.4, -0.2) is 11.6 Å². The van der Waals surface area contributed by atoms with E-state index in [4.69, 9.17) is 10.00 Å². The van der Waals surface area contributed by atoms with Crippen molar-refractivity contribution in [1.29, 1.82) is 5.26 Å². The van der Waals surface area contributed by atoms with Gasteiger partial charge in [0.1, 0.15) is 17.5 Å². The van der Waals surface area contributed by atoms with E-state index < -0.39 is 0 Å².